The molecule has 450 valence electrons. The van der Waals surface area contributed by atoms with Gasteiger partial charge in [-0.1, -0.05) is 165 Å². The van der Waals surface area contributed by atoms with E-state index in [0.29, 0.717) is 52.1 Å². The van der Waals surface area contributed by atoms with Crippen molar-refractivity contribution in [1.29, 1.82) is 0 Å². The minimum absolute atomic E-state index is 0.0176. The van der Waals surface area contributed by atoms with Gasteiger partial charge in [0.2, 0.25) is 23.6 Å². The van der Waals surface area contributed by atoms with E-state index in [1.807, 2.05) is 16.8 Å². The molecule has 78 heavy (non-hydrogen) atoms. The summed E-state index contributed by atoms with van der Waals surface area (Å²) < 4.78 is 0. The number of carbonyl (C=O) groups excluding carboxylic acids is 4. The van der Waals surface area contributed by atoms with Crippen LogP contribution < -0.4 is 10.6 Å². The summed E-state index contributed by atoms with van der Waals surface area (Å²) >= 11 is 0. The molecular formula is C67H123N7O4. The third-order valence-corrected chi connectivity index (χ3v) is 16.3. The van der Waals surface area contributed by atoms with Crippen molar-refractivity contribution in [3.8, 4) is 0 Å². The molecule has 4 amide bonds. The van der Waals surface area contributed by atoms with Crippen LogP contribution in [0.1, 0.15) is 245 Å². The topological polar surface area (TPSA) is 109 Å². The first-order chi connectivity index (χ1) is 38.0. The molecule has 0 aromatic heterocycles. The molecule has 2 saturated carbocycles. The van der Waals surface area contributed by atoms with E-state index in [0.717, 1.165) is 142 Å². The summed E-state index contributed by atoms with van der Waals surface area (Å²) in [5.74, 6) is 0.567. The van der Waals surface area contributed by atoms with Crippen LogP contribution in [0.4, 0.5) is 0 Å². The van der Waals surface area contributed by atoms with Crippen LogP contribution in [0.25, 0.3) is 0 Å². The number of amides is 4. The van der Waals surface area contributed by atoms with Crippen molar-refractivity contribution in [3.63, 3.8) is 0 Å². The van der Waals surface area contributed by atoms with Crippen molar-refractivity contribution in [2.45, 2.75) is 257 Å². The molecule has 11 nitrogen and oxygen atoms in total. The van der Waals surface area contributed by atoms with E-state index in [-0.39, 0.29) is 35.5 Å². The Morgan fingerprint density at radius 3 is 1.08 bits per heavy atom. The monoisotopic (exact) mass is 1090 g/mol. The predicted molar refractivity (Wildman–Crippen MR) is 333 cm³/mol. The first kappa shape index (κ1) is 70.8. The number of nitrogens with zero attached hydrogens (tertiary/aromatic N) is 5. The van der Waals surface area contributed by atoms with Crippen molar-refractivity contribution < 1.29 is 19.2 Å². The molecule has 0 bridgehead atoms. The van der Waals surface area contributed by atoms with E-state index in [4.69, 9.17) is 0 Å². The molecule has 2 unspecified atom stereocenters. The molecule has 2 rings (SSSR count). The molecule has 2 aliphatic rings. The van der Waals surface area contributed by atoms with Gasteiger partial charge in [-0.05, 0) is 176 Å². The first-order valence-corrected chi connectivity index (χ1v) is 32.7. The largest absolute Gasteiger partial charge is 0.353 e. The number of likely N-dealkylation sites (N-methyl/N-ethyl adjacent to an activating group) is 1. The Hall–Kier alpha value is -3.28. The molecule has 11 heteroatoms. The van der Waals surface area contributed by atoms with E-state index >= 15 is 0 Å². The maximum Gasteiger partial charge on any atom is 0.243 e. The lowest BCUT2D eigenvalue weighted by molar-refractivity contribution is -0.143. The van der Waals surface area contributed by atoms with Crippen LogP contribution in [0.2, 0.25) is 0 Å². The van der Waals surface area contributed by atoms with Gasteiger partial charge in [0.25, 0.3) is 0 Å². The van der Waals surface area contributed by atoms with Crippen molar-refractivity contribution in [2.75, 3.05) is 87.6 Å². The van der Waals surface area contributed by atoms with Crippen molar-refractivity contribution in [2.24, 2.45) is 11.8 Å². The van der Waals surface area contributed by atoms with Gasteiger partial charge in [0, 0.05) is 52.1 Å². The molecular weight excluding hydrogens is 967 g/mol. The number of unbranched alkanes of at least 4 members (excludes halogenated alkanes) is 16. The van der Waals surface area contributed by atoms with E-state index in [1.54, 1.807) is 0 Å². The van der Waals surface area contributed by atoms with Crippen LogP contribution in [0, 0.1) is 11.8 Å². The Labute approximate surface area is 481 Å². The Kier molecular flexibility index (Phi) is 44.0. The zero-order valence-electron chi connectivity index (χ0n) is 51.9. The minimum atomic E-state index is -0.447. The van der Waals surface area contributed by atoms with Crippen molar-refractivity contribution in [3.05, 3.63) is 48.6 Å². The van der Waals surface area contributed by atoms with E-state index in [1.165, 1.54) is 89.9 Å². The lowest BCUT2D eigenvalue weighted by Gasteiger charge is -2.38. The average molecular weight is 1090 g/mol. The standard InChI is InChI=1S/C67H123N7O4/c1-8-10-12-14-16-18-20-22-24-26-28-30-32-34-42-50-62(75)73(56-44-54-70(3)4)64(60-46-38-36-39-47-60)66(77)68-52-58-72(7)59-53-69-67(78)65(61-48-40-37-41-49-61)74(57-45-55-71(5)6)63(76)51-43-35-33-31-29-27-25-23-21-19-17-15-13-11-9-2/h16-19,22-25,60-61,64-65H,8-15,20-21,26-59H2,1-7H3,(H,68,77)(H,69,78)/b18-16-,19-17-,24-22-,25-23-. The third-order valence-electron chi connectivity index (χ3n) is 16.3. The summed E-state index contributed by atoms with van der Waals surface area (Å²) in [6, 6.07) is -0.893. The molecule has 2 fully saturated rings. The van der Waals surface area contributed by atoms with E-state index in [9.17, 15) is 19.2 Å². The Balaban J connectivity index is 1.95. The van der Waals surface area contributed by atoms with Crippen LogP contribution in [0.15, 0.2) is 48.6 Å². The van der Waals surface area contributed by atoms with Crippen LogP contribution >= 0.6 is 0 Å². The number of hydrogen-bond donors (Lipinski definition) is 2. The van der Waals surface area contributed by atoms with Gasteiger partial charge in [-0.2, -0.15) is 0 Å². The van der Waals surface area contributed by atoms with Gasteiger partial charge in [0.05, 0.1) is 0 Å². The highest BCUT2D eigenvalue weighted by molar-refractivity contribution is 5.88. The molecule has 2 atom stereocenters. The average Bonchev–Trinajstić information content (AvgIpc) is 3.42. The number of carbonyl (C=O) groups is 4. The summed E-state index contributed by atoms with van der Waals surface area (Å²) in [7, 11) is 10.3. The molecule has 0 aromatic carbocycles. The highest BCUT2D eigenvalue weighted by atomic mass is 16.2. The second-order valence-corrected chi connectivity index (χ2v) is 24.0. The van der Waals surface area contributed by atoms with Crippen LogP contribution in [-0.4, -0.2) is 148 Å². The van der Waals surface area contributed by atoms with E-state index < -0.39 is 12.1 Å². The Morgan fingerprint density at radius 1 is 0.397 bits per heavy atom. The summed E-state index contributed by atoms with van der Waals surface area (Å²) in [5.41, 5.74) is 0. The van der Waals surface area contributed by atoms with Gasteiger partial charge < -0.3 is 35.1 Å². The fourth-order valence-corrected chi connectivity index (χ4v) is 11.6. The van der Waals surface area contributed by atoms with Gasteiger partial charge in [-0.15, -0.1) is 0 Å². The van der Waals surface area contributed by atoms with E-state index in [2.05, 4.69) is 116 Å². The van der Waals surface area contributed by atoms with Crippen molar-refractivity contribution in [1.82, 2.24) is 35.1 Å². The molecule has 0 aliphatic heterocycles. The number of allylic oxidation sites excluding steroid dienone is 8. The summed E-state index contributed by atoms with van der Waals surface area (Å²) in [6.45, 7) is 9.66. The molecule has 0 aromatic rings. The zero-order valence-corrected chi connectivity index (χ0v) is 51.9. The lowest BCUT2D eigenvalue weighted by atomic mass is 9.82. The van der Waals surface area contributed by atoms with Crippen LogP contribution in [0.3, 0.4) is 0 Å². The Morgan fingerprint density at radius 2 is 0.731 bits per heavy atom. The summed E-state index contributed by atoms with van der Waals surface area (Å²) in [4.78, 5) is 67.7. The number of nitrogens with one attached hydrogen (secondary N) is 2. The quantitative estimate of drug-likeness (QED) is 0.0461. The highest BCUT2D eigenvalue weighted by Gasteiger charge is 2.38. The molecule has 0 heterocycles. The fraction of sp³-hybridized carbons (Fsp3) is 0.821. The van der Waals surface area contributed by atoms with Gasteiger partial charge in [-0.25, -0.2) is 0 Å². The van der Waals surface area contributed by atoms with Gasteiger partial charge in [-0.3, -0.25) is 19.2 Å². The maximum atomic E-state index is 14.4. The Bertz CT molecular complexity index is 1500. The van der Waals surface area contributed by atoms with Gasteiger partial charge >= 0.3 is 0 Å². The maximum absolute atomic E-state index is 14.4. The molecule has 2 aliphatic carbocycles. The smallest absolute Gasteiger partial charge is 0.243 e. The summed E-state index contributed by atoms with van der Waals surface area (Å²) in [5, 5.41) is 6.59. The van der Waals surface area contributed by atoms with Gasteiger partial charge in [0.15, 0.2) is 0 Å². The molecule has 0 saturated heterocycles. The van der Waals surface area contributed by atoms with Crippen LogP contribution in [0.5, 0.6) is 0 Å². The predicted octanol–water partition coefficient (Wildman–Crippen LogP) is 14.2. The normalized spacial score (nSPS) is 15.7. The second-order valence-electron chi connectivity index (χ2n) is 24.0. The number of rotatable bonds is 48. The van der Waals surface area contributed by atoms with Crippen molar-refractivity contribution >= 4 is 23.6 Å². The molecule has 0 radical (unpaired) electrons. The first-order valence-electron chi connectivity index (χ1n) is 32.7. The molecule has 0 spiro atoms. The lowest BCUT2D eigenvalue weighted by Crippen LogP contribution is -2.55. The SMILES string of the molecule is CCCCC/C=C\C/C=C\CCCCCCCC(=O)N(CCCN(C)C)C(C(=O)NCCN(C)CCNC(=O)C(C1CCCCC1)N(CCCN(C)C)C(=O)CCCCCCC/C=C\C/C=C\CCCCC)C1CCCCC1. The minimum Gasteiger partial charge on any atom is -0.353 e. The summed E-state index contributed by atoms with van der Waals surface area (Å²) in [6.07, 6.45) is 57.1. The second kappa shape index (κ2) is 48.4. The zero-order chi connectivity index (χ0) is 56.7. The molecule has 2 N–H and O–H groups in total. The fourth-order valence-electron chi connectivity index (χ4n) is 11.6. The highest BCUT2D eigenvalue weighted by Crippen LogP contribution is 2.32. The van der Waals surface area contributed by atoms with Gasteiger partial charge in [0.1, 0.15) is 12.1 Å². The third kappa shape index (κ3) is 35.5. The number of hydrogen-bond acceptors (Lipinski definition) is 7. The van der Waals surface area contributed by atoms with Crippen LogP contribution in [-0.2, 0) is 19.2 Å².